The zero-order valence-electron chi connectivity index (χ0n) is 16.7. The van der Waals surface area contributed by atoms with E-state index in [-0.39, 0.29) is 11.5 Å². The molecule has 5 nitrogen and oxygen atoms in total. The number of nitrogens with zero attached hydrogens (tertiary/aromatic N) is 1. The summed E-state index contributed by atoms with van der Waals surface area (Å²) >= 11 is 0. The van der Waals surface area contributed by atoms with Crippen molar-refractivity contribution in [1.82, 2.24) is 5.06 Å². The number of benzene rings is 1. The quantitative estimate of drug-likeness (QED) is 0.393. The van der Waals surface area contributed by atoms with E-state index in [1.165, 1.54) is 0 Å². The van der Waals surface area contributed by atoms with Crippen LogP contribution in [0.4, 0.5) is 0 Å². The molecule has 0 N–H and O–H groups in total. The highest BCUT2D eigenvalue weighted by molar-refractivity contribution is 7.54. The molecule has 25 heavy (non-hydrogen) atoms. The fourth-order valence-corrected chi connectivity index (χ4v) is 5.45. The van der Waals surface area contributed by atoms with Crippen molar-refractivity contribution in [2.24, 2.45) is 5.41 Å². The Morgan fingerprint density at radius 1 is 1.04 bits per heavy atom. The molecule has 6 heteroatoms. The number of hydrogen-bond acceptors (Lipinski definition) is 5. The molecule has 0 aliphatic heterocycles. The van der Waals surface area contributed by atoms with Crippen molar-refractivity contribution < 1.29 is 18.5 Å². The lowest BCUT2D eigenvalue weighted by Crippen LogP contribution is -2.45. The molecule has 2 atom stereocenters. The summed E-state index contributed by atoms with van der Waals surface area (Å²) in [7, 11) is -3.37. The van der Waals surface area contributed by atoms with Gasteiger partial charge in [-0.2, -0.15) is 5.06 Å². The predicted octanol–water partition coefficient (Wildman–Crippen LogP) is 5.64. The van der Waals surface area contributed by atoms with Crippen molar-refractivity contribution >= 4 is 7.60 Å². The van der Waals surface area contributed by atoms with Crippen molar-refractivity contribution in [1.29, 1.82) is 0 Å². The Balaban J connectivity index is 3.15. The van der Waals surface area contributed by atoms with E-state index < -0.39 is 13.4 Å². The second-order valence-corrected chi connectivity index (χ2v) is 9.09. The van der Waals surface area contributed by atoms with Gasteiger partial charge in [0.2, 0.25) is 0 Å². The summed E-state index contributed by atoms with van der Waals surface area (Å²) in [5, 5.41) is 1.77. The maximum atomic E-state index is 13.5. The summed E-state index contributed by atoms with van der Waals surface area (Å²) in [5.74, 6) is -0.504. The Hall–Kier alpha value is -0.710. The Morgan fingerprint density at radius 3 is 1.96 bits per heavy atom. The molecule has 0 saturated heterocycles. The average molecular weight is 371 g/mol. The van der Waals surface area contributed by atoms with E-state index in [0.29, 0.717) is 19.8 Å². The van der Waals surface area contributed by atoms with E-state index in [1.807, 2.05) is 78.8 Å². The molecule has 2 unspecified atom stereocenters. The third kappa shape index (κ3) is 6.19. The largest absolute Gasteiger partial charge is 0.350 e. The highest BCUT2D eigenvalue weighted by Gasteiger charge is 2.48. The van der Waals surface area contributed by atoms with Gasteiger partial charge in [0.05, 0.1) is 13.2 Å². The standard InChI is InChI=1S/C19H34NO4P/c1-8-20(24-16(4)17-14-12-11-13-15-17)18(19(5,6)7)25(21,22-9-2)23-10-3/h11-16,18H,8-10H2,1-7H3. The van der Waals surface area contributed by atoms with Crippen LogP contribution in [0.5, 0.6) is 0 Å². The van der Waals surface area contributed by atoms with Crippen molar-refractivity contribution in [3.8, 4) is 0 Å². The minimum atomic E-state index is -3.37. The van der Waals surface area contributed by atoms with E-state index in [9.17, 15) is 4.57 Å². The smallest absolute Gasteiger partial charge is 0.308 e. The van der Waals surface area contributed by atoms with Gasteiger partial charge in [-0.1, -0.05) is 58.0 Å². The molecule has 0 aromatic heterocycles. The summed E-state index contributed by atoms with van der Waals surface area (Å²) in [6.07, 6.45) is -0.164. The predicted molar refractivity (Wildman–Crippen MR) is 102 cm³/mol. The first-order valence-electron chi connectivity index (χ1n) is 9.06. The maximum absolute atomic E-state index is 13.5. The van der Waals surface area contributed by atoms with Crippen LogP contribution < -0.4 is 0 Å². The number of rotatable bonds is 10. The third-order valence-corrected chi connectivity index (χ3v) is 6.71. The number of hydroxylamine groups is 2. The van der Waals surface area contributed by atoms with Crippen LogP contribution in [0, 0.1) is 5.41 Å². The van der Waals surface area contributed by atoms with E-state index >= 15 is 0 Å². The first kappa shape index (κ1) is 22.3. The summed E-state index contributed by atoms with van der Waals surface area (Å²) in [6, 6.07) is 9.99. The molecule has 0 saturated carbocycles. The molecule has 1 aromatic rings. The van der Waals surface area contributed by atoms with Gasteiger partial charge in [0.15, 0.2) is 0 Å². The second-order valence-electron chi connectivity index (χ2n) is 7.01. The highest BCUT2D eigenvalue weighted by atomic mass is 31.2. The SMILES string of the molecule is CCOP(=O)(OCC)C(N(CC)OC(C)c1ccccc1)C(C)(C)C. The first-order chi connectivity index (χ1) is 11.7. The van der Waals surface area contributed by atoms with Crippen LogP contribution in [-0.4, -0.2) is 30.6 Å². The number of hydrogen-bond donors (Lipinski definition) is 0. The lowest BCUT2D eigenvalue weighted by molar-refractivity contribution is -0.219. The van der Waals surface area contributed by atoms with Crippen LogP contribution in [0.15, 0.2) is 30.3 Å². The lowest BCUT2D eigenvalue weighted by Gasteiger charge is -2.42. The minimum Gasteiger partial charge on any atom is -0.308 e. The van der Waals surface area contributed by atoms with Crippen molar-refractivity contribution in [2.75, 3.05) is 19.8 Å². The van der Waals surface area contributed by atoms with Gasteiger partial charge in [-0.25, -0.2) is 0 Å². The normalized spacial score (nSPS) is 15.4. The van der Waals surface area contributed by atoms with Crippen LogP contribution in [0.1, 0.15) is 60.1 Å². The minimum absolute atomic E-state index is 0.164. The van der Waals surface area contributed by atoms with Crippen LogP contribution in [0.2, 0.25) is 0 Å². The van der Waals surface area contributed by atoms with E-state index in [4.69, 9.17) is 13.9 Å². The molecule has 144 valence electrons. The van der Waals surface area contributed by atoms with Crippen molar-refractivity contribution in [3.63, 3.8) is 0 Å². The Labute approximate surface area is 153 Å². The Bertz CT molecular complexity index is 534. The van der Waals surface area contributed by atoms with Crippen LogP contribution in [-0.2, 0) is 18.5 Å². The highest BCUT2D eigenvalue weighted by Crippen LogP contribution is 2.59. The molecule has 0 aliphatic carbocycles. The van der Waals surface area contributed by atoms with E-state index in [0.717, 1.165) is 5.56 Å². The maximum Gasteiger partial charge on any atom is 0.350 e. The van der Waals surface area contributed by atoms with Crippen molar-refractivity contribution in [2.45, 2.75) is 60.4 Å². The van der Waals surface area contributed by atoms with Gasteiger partial charge >= 0.3 is 7.60 Å². The van der Waals surface area contributed by atoms with E-state index in [1.54, 1.807) is 5.06 Å². The van der Waals surface area contributed by atoms with Crippen LogP contribution >= 0.6 is 7.60 Å². The molecule has 0 radical (unpaired) electrons. The zero-order valence-corrected chi connectivity index (χ0v) is 17.6. The van der Waals surface area contributed by atoms with Crippen LogP contribution in [0.25, 0.3) is 0 Å². The summed E-state index contributed by atoms with van der Waals surface area (Å²) in [5.41, 5.74) is 0.711. The first-order valence-corrected chi connectivity index (χ1v) is 10.7. The fraction of sp³-hybridized carbons (Fsp3) is 0.684. The lowest BCUT2D eigenvalue weighted by atomic mass is 9.96. The van der Waals surface area contributed by atoms with E-state index in [2.05, 4.69) is 0 Å². The molecule has 0 fully saturated rings. The Morgan fingerprint density at radius 2 is 1.56 bits per heavy atom. The van der Waals surface area contributed by atoms with Gasteiger partial charge in [-0.3, -0.25) is 9.40 Å². The topological polar surface area (TPSA) is 48.0 Å². The molecular formula is C19H34NO4P. The molecular weight excluding hydrogens is 337 g/mol. The molecule has 1 aromatic carbocycles. The fourth-order valence-electron chi connectivity index (χ4n) is 2.90. The molecule has 1 rings (SSSR count). The summed E-state index contributed by atoms with van der Waals surface area (Å²) in [6.45, 7) is 15.0. The van der Waals surface area contributed by atoms with Gasteiger partial charge in [-0.15, -0.1) is 0 Å². The summed E-state index contributed by atoms with van der Waals surface area (Å²) in [4.78, 5) is 6.21. The van der Waals surface area contributed by atoms with Gasteiger partial charge in [0.25, 0.3) is 0 Å². The van der Waals surface area contributed by atoms with Gasteiger partial charge in [0.1, 0.15) is 11.9 Å². The molecule has 0 heterocycles. The van der Waals surface area contributed by atoms with Crippen LogP contribution in [0.3, 0.4) is 0 Å². The zero-order chi connectivity index (χ0) is 19.1. The second kappa shape index (κ2) is 9.84. The molecule has 0 spiro atoms. The third-order valence-electron chi connectivity index (χ3n) is 3.84. The molecule has 0 bridgehead atoms. The average Bonchev–Trinajstić information content (AvgIpc) is 2.54. The van der Waals surface area contributed by atoms with Gasteiger partial charge in [0, 0.05) is 6.54 Å². The summed E-state index contributed by atoms with van der Waals surface area (Å²) < 4.78 is 24.8. The van der Waals surface area contributed by atoms with Crippen molar-refractivity contribution in [3.05, 3.63) is 35.9 Å². The molecule has 0 amide bonds. The monoisotopic (exact) mass is 371 g/mol. The Kier molecular flexibility index (Phi) is 8.79. The van der Waals surface area contributed by atoms with Gasteiger partial charge in [-0.05, 0) is 31.7 Å². The molecule has 0 aliphatic rings. The van der Waals surface area contributed by atoms with Gasteiger partial charge < -0.3 is 9.05 Å².